The second-order valence-corrected chi connectivity index (χ2v) is 8.63. The first-order valence-electron chi connectivity index (χ1n) is 11.8. The Bertz CT molecular complexity index is 1220. The van der Waals surface area contributed by atoms with E-state index in [0.29, 0.717) is 29.9 Å². The number of nitrogens with two attached hydrogens (primary N) is 6. The molecule has 0 saturated carbocycles. The molecule has 3 aromatic carbocycles. The minimum absolute atomic E-state index is 0.266. The van der Waals surface area contributed by atoms with E-state index < -0.39 is 36.0 Å². The van der Waals surface area contributed by atoms with E-state index in [0.717, 1.165) is 16.7 Å². The van der Waals surface area contributed by atoms with Crippen molar-refractivity contribution in [2.45, 2.75) is 37.4 Å². The maximum absolute atomic E-state index is 10.4. The first-order chi connectivity index (χ1) is 18.3. The lowest BCUT2D eigenvalue weighted by molar-refractivity contribution is -0.139. The van der Waals surface area contributed by atoms with E-state index in [1.807, 2.05) is 0 Å². The topological polar surface area (TPSA) is 268 Å². The van der Waals surface area contributed by atoms with E-state index in [2.05, 4.69) is 0 Å². The predicted molar refractivity (Wildman–Crippen MR) is 151 cm³/mol. The molecule has 0 unspecified atom stereocenters. The van der Waals surface area contributed by atoms with Crippen molar-refractivity contribution in [3.63, 3.8) is 0 Å². The summed E-state index contributed by atoms with van der Waals surface area (Å²) in [5.74, 6) is -3.00. The number of hydrogen-bond acceptors (Lipinski definition) is 9. The van der Waals surface area contributed by atoms with Crippen LogP contribution in [0.4, 0.5) is 17.1 Å². The molecule has 12 nitrogen and oxygen atoms in total. The Balaban J connectivity index is 0.000000292. The average molecular weight is 541 g/mol. The maximum atomic E-state index is 10.4. The molecular weight excluding hydrogens is 504 g/mol. The summed E-state index contributed by atoms with van der Waals surface area (Å²) in [6.45, 7) is 0. The van der Waals surface area contributed by atoms with E-state index in [4.69, 9.17) is 49.7 Å². The highest BCUT2D eigenvalue weighted by Crippen LogP contribution is 2.12. The average Bonchev–Trinajstić information content (AvgIpc) is 2.87. The fourth-order valence-electron chi connectivity index (χ4n) is 3.10. The summed E-state index contributed by atoms with van der Waals surface area (Å²) in [6, 6.07) is 18.6. The molecule has 12 heteroatoms. The van der Waals surface area contributed by atoms with Gasteiger partial charge in [0.05, 0.1) is 0 Å². The summed E-state index contributed by atoms with van der Waals surface area (Å²) in [5.41, 5.74) is 37.0. The highest BCUT2D eigenvalue weighted by Gasteiger charge is 2.13. The van der Waals surface area contributed by atoms with Crippen molar-refractivity contribution in [1.82, 2.24) is 0 Å². The number of aliphatic carboxylic acids is 3. The number of nitrogen functional groups attached to an aromatic ring is 3. The highest BCUT2D eigenvalue weighted by atomic mass is 16.4. The molecule has 0 aliphatic heterocycles. The molecule has 3 atom stereocenters. The lowest BCUT2D eigenvalue weighted by Crippen LogP contribution is -2.32. The van der Waals surface area contributed by atoms with Crippen molar-refractivity contribution in [1.29, 1.82) is 0 Å². The van der Waals surface area contributed by atoms with Gasteiger partial charge >= 0.3 is 17.9 Å². The Morgan fingerprint density at radius 1 is 0.564 bits per heavy atom. The van der Waals surface area contributed by atoms with E-state index in [1.54, 1.807) is 72.8 Å². The number of anilines is 3. The number of para-hydroxylation sites is 1. The Morgan fingerprint density at radius 3 is 1.54 bits per heavy atom. The van der Waals surface area contributed by atoms with Crippen LogP contribution in [-0.2, 0) is 33.6 Å². The molecule has 0 spiro atoms. The van der Waals surface area contributed by atoms with Crippen LogP contribution in [0.25, 0.3) is 0 Å². The molecule has 39 heavy (non-hydrogen) atoms. The summed E-state index contributed by atoms with van der Waals surface area (Å²) in [7, 11) is 0. The molecule has 3 aromatic rings. The number of rotatable bonds is 9. The molecule has 15 N–H and O–H groups in total. The van der Waals surface area contributed by atoms with Gasteiger partial charge in [-0.25, -0.2) is 0 Å². The standard InChI is InChI=1S/3C9H12N2O2/c10-7-3-1-6(2-4-7)5-8(11)9(12)13;10-7-3-1-2-6(4-7)5-8(11)9(12)13;10-7-4-2-1-3-6(7)5-8(11)9(12)13/h3*1-4,8H,5,10-11H2,(H,12,13)/t3*8-/m000/s1. The van der Waals surface area contributed by atoms with Crippen LogP contribution in [0, 0.1) is 0 Å². The van der Waals surface area contributed by atoms with Gasteiger partial charge in [-0.1, -0.05) is 42.5 Å². The lowest BCUT2D eigenvalue weighted by Gasteiger charge is -2.08. The normalized spacial score (nSPS) is 12.4. The molecule has 0 aliphatic carbocycles. The minimum Gasteiger partial charge on any atom is -0.480 e. The van der Waals surface area contributed by atoms with Crippen molar-refractivity contribution in [2.75, 3.05) is 17.2 Å². The molecule has 0 radical (unpaired) electrons. The van der Waals surface area contributed by atoms with Gasteiger partial charge in [-0.2, -0.15) is 0 Å². The first kappa shape index (κ1) is 32.4. The second-order valence-electron chi connectivity index (χ2n) is 8.63. The van der Waals surface area contributed by atoms with E-state index in [1.165, 1.54) is 0 Å². The van der Waals surface area contributed by atoms with Crippen LogP contribution in [0.5, 0.6) is 0 Å². The van der Waals surface area contributed by atoms with Crippen LogP contribution < -0.4 is 34.4 Å². The Kier molecular flexibility index (Phi) is 13.5. The van der Waals surface area contributed by atoms with Gasteiger partial charge in [0.25, 0.3) is 0 Å². The van der Waals surface area contributed by atoms with Gasteiger partial charge in [0.2, 0.25) is 0 Å². The zero-order valence-electron chi connectivity index (χ0n) is 21.3. The van der Waals surface area contributed by atoms with Crippen LogP contribution in [0.1, 0.15) is 16.7 Å². The number of benzene rings is 3. The van der Waals surface area contributed by atoms with Gasteiger partial charge in [0.15, 0.2) is 0 Å². The van der Waals surface area contributed by atoms with E-state index in [9.17, 15) is 14.4 Å². The maximum Gasteiger partial charge on any atom is 0.320 e. The van der Waals surface area contributed by atoms with Gasteiger partial charge < -0.3 is 49.7 Å². The number of hydrogen-bond donors (Lipinski definition) is 9. The van der Waals surface area contributed by atoms with Crippen molar-refractivity contribution in [3.8, 4) is 0 Å². The fourth-order valence-corrected chi connectivity index (χ4v) is 3.10. The summed E-state index contributed by atoms with van der Waals surface area (Å²) in [5, 5.41) is 25.7. The number of carboxylic acid groups (broad SMARTS) is 3. The van der Waals surface area contributed by atoms with Gasteiger partial charge in [-0.05, 0) is 59.9 Å². The van der Waals surface area contributed by atoms with Crippen LogP contribution in [0.15, 0.2) is 72.8 Å². The molecule has 0 aliphatic rings. The third-order valence-corrected chi connectivity index (χ3v) is 5.29. The Labute approximate surface area is 226 Å². The third-order valence-electron chi connectivity index (χ3n) is 5.29. The fraction of sp³-hybridized carbons (Fsp3) is 0.222. The Morgan fingerprint density at radius 2 is 1.05 bits per heavy atom. The van der Waals surface area contributed by atoms with Gasteiger partial charge in [0.1, 0.15) is 18.1 Å². The zero-order chi connectivity index (χ0) is 29.5. The molecule has 3 rings (SSSR count). The first-order valence-corrected chi connectivity index (χ1v) is 11.8. The molecule has 0 saturated heterocycles. The molecule has 0 bridgehead atoms. The van der Waals surface area contributed by atoms with Crippen molar-refractivity contribution in [3.05, 3.63) is 89.5 Å². The van der Waals surface area contributed by atoms with Gasteiger partial charge in [-0.3, -0.25) is 14.4 Å². The predicted octanol–water partition coefficient (Wildman–Crippen LogP) is 0.670. The van der Waals surface area contributed by atoms with Crippen molar-refractivity contribution in [2.24, 2.45) is 17.2 Å². The van der Waals surface area contributed by atoms with Crippen LogP contribution in [-0.4, -0.2) is 51.4 Å². The summed E-state index contributed by atoms with van der Waals surface area (Å²) >= 11 is 0. The summed E-state index contributed by atoms with van der Waals surface area (Å²) in [4.78, 5) is 31.3. The van der Waals surface area contributed by atoms with Crippen LogP contribution in [0.2, 0.25) is 0 Å². The van der Waals surface area contributed by atoms with Crippen LogP contribution >= 0.6 is 0 Å². The molecule has 210 valence electrons. The highest BCUT2D eigenvalue weighted by molar-refractivity contribution is 5.74. The van der Waals surface area contributed by atoms with Crippen molar-refractivity contribution >= 4 is 35.0 Å². The molecule has 0 heterocycles. The van der Waals surface area contributed by atoms with E-state index in [-0.39, 0.29) is 6.42 Å². The van der Waals surface area contributed by atoms with Gasteiger partial charge in [0, 0.05) is 23.5 Å². The molecule has 0 aromatic heterocycles. The summed E-state index contributed by atoms with van der Waals surface area (Å²) < 4.78 is 0. The monoisotopic (exact) mass is 540 g/mol. The Hall–Kier alpha value is -4.65. The molecule has 0 fully saturated rings. The zero-order valence-corrected chi connectivity index (χ0v) is 21.3. The minimum atomic E-state index is -1.01. The molecular formula is C27H36N6O6. The largest absolute Gasteiger partial charge is 0.480 e. The smallest absolute Gasteiger partial charge is 0.320 e. The molecule has 0 amide bonds. The van der Waals surface area contributed by atoms with E-state index >= 15 is 0 Å². The number of carbonyl (C=O) groups is 3. The number of carboxylic acids is 3. The lowest BCUT2D eigenvalue weighted by atomic mass is 10.1. The van der Waals surface area contributed by atoms with Crippen LogP contribution in [0.3, 0.4) is 0 Å². The summed E-state index contributed by atoms with van der Waals surface area (Å²) in [6.07, 6.45) is 0.901. The SMILES string of the molecule is Nc1ccc(C[C@H](N)C(=O)O)cc1.Nc1cccc(C[C@H](N)C(=O)O)c1.Nc1ccccc1C[C@H](N)C(=O)O. The third kappa shape index (κ3) is 12.9. The van der Waals surface area contributed by atoms with Crippen molar-refractivity contribution < 1.29 is 29.7 Å². The second kappa shape index (κ2) is 16.2. The van der Waals surface area contributed by atoms with Gasteiger partial charge in [-0.15, -0.1) is 0 Å². The quantitative estimate of drug-likeness (QED) is 0.169.